The van der Waals surface area contributed by atoms with Crippen molar-refractivity contribution in [2.45, 2.75) is 12.7 Å². The van der Waals surface area contributed by atoms with Crippen molar-refractivity contribution in [1.29, 1.82) is 0 Å². The number of methoxy groups -OCH3 is 1. The van der Waals surface area contributed by atoms with E-state index in [9.17, 15) is 8.78 Å². The highest BCUT2D eigenvalue weighted by Crippen LogP contribution is 2.30. The quantitative estimate of drug-likeness (QED) is 0.796. The molecule has 1 N–H and O–H groups in total. The molecule has 1 unspecified atom stereocenters. The van der Waals surface area contributed by atoms with E-state index in [-0.39, 0.29) is 29.9 Å². The predicted molar refractivity (Wildman–Crippen MR) is 98.3 cm³/mol. The van der Waals surface area contributed by atoms with Crippen molar-refractivity contribution in [2.24, 2.45) is 0 Å². The highest BCUT2D eigenvalue weighted by molar-refractivity contribution is 5.85. The lowest BCUT2D eigenvalue weighted by molar-refractivity contribution is -0.0512. The van der Waals surface area contributed by atoms with Gasteiger partial charge in [-0.1, -0.05) is 11.2 Å². The van der Waals surface area contributed by atoms with Crippen LogP contribution in [-0.4, -0.2) is 55.4 Å². The Morgan fingerprint density at radius 2 is 2.15 bits per heavy atom. The van der Waals surface area contributed by atoms with Gasteiger partial charge in [0.15, 0.2) is 17.3 Å². The van der Waals surface area contributed by atoms with E-state index in [1.807, 2.05) is 7.05 Å². The summed E-state index contributed by atoms with van der Waals surface area (Å²) in [5.41, 5.74) is 0.722. The Kier molecular flexibility index (Phi) is 7.52. The molecule has 1 fully saturated rings. The van der Waals surface area contributed by atoms with Gasteiger partial charge in [-0.3, -0.25) is 4.90 Å². The minimum absolute atomic E-state index is 0. The van der Waals surface area contributed by atoms with E-state index in [1.54, 1.807) is 24.3 Å². The first-order chi connectivity index (χ1) is 12.6. The summed E-state index contributed by atoms with van der Waals surface area (Å²) in [5, 5.41) is 7.34. The number of hydrogen-bond acceptors (Lipinski definition) is 7. The van der Waals surface area contributed by atoms with Gasteiger partial charge in [-0.15, -0.1) is 12.4 Å². The van der Waals surface area contributed by atoms with Crippen LogP contribution in [0.1, 0.15) is 23.3 Å². The molecule has 10 heteroatoms. The molecule has 0 aliphatic carbocycles. The molecule has 2 aromatic rings. The zero-order chi connectivity index (χ0) is 18.5. The van der Waals surface area contributed by atoms with E-state index in [0.29, 0.717) is 11.7 Å². The molecule has 0 bridgehead atoms. The summed E-state index contributed by atoms with van der Waals surface area (Å²) in [6.45, 7) is -0.293. The summed E-state index contributed by atoms with van der Waals surface area (Å²) in [6.07, 6.45) is 3.39. The van der Waals surface area contributed by atoms with Crippen LogP contribution in [0, 0.1) is 0 Å². The molecule has 0 amide bonds. The van der Waals surface area contributed by atoms with Crippen LogP contribution in [0.2, 0.25) is 0 Å². The van der Waals surface area contributed by atoms with Crippen LogP contribution in [0.4, 0.5) is 8.78 Å². The first kappa shape index (κ1) is 21.1. The number of rotatable bonds is 6. The molecule has 0 radical (unpaired) electrons. The van der Waals surface area contributed by atoms with Gasteiger partial charge in [0.2, 0.25) is 0 Å². The van der Waals surface area contributed by atoms with Gasteiger partial charge in [0.1, 0.15) is 0 Å². The fourth-order valence-corrected chi connectivity index (χ4v) is 2.69. The zero-order valence-electron chi connectivity index (χ0n) is 14.9. The van der Waals surface area contributed by atoms with Crippen molar-refractivity contribution in [3.63, 3.8) is 0 Å². The fraction of sp³-hybridized carbons (Fsp3) is 0.412. The van der Waals surface area contributed by atoms with E-state index in [0.717, 1.165) is 25.2 Å². The van der Waals surface area contributed by atoms with Crippen LogP contribution in [-0.2, 0) is 0 Å². The van der Waals surface area contributed by atoms with Gasteiger partial charge < -0.3 is 19.3 Å². The SMILES string of the molecule is COc1cc(/C=C/c2nc(C3CNCCN3C)no2)ccc1OC(F)F.Cl. The number of nitrogens with zero attached hydrogens (tertiary/aromatic N) is 3. The van der Waals surface area contributed by atoms with E-state index >= 15 is 0 Å². The number of benzene rings is 1. The predicted octanol–water partition coefficient (Wildman–Crippen LogP) is 2.85. The van der Waals surface area contributed by atoms with Crippen molar-refractivity contribution in [2.75, 3.05) is 33.8 Å². The van der Waals surface area contributed by atoms with Gasteiger partial charge in [-0.05, 0) is 30.8 Å². The highest BCUT2D eigenvalue weighted by Gasteiger charge is 2.24. The molecule has 27 heavy (non-hydrogen) atoms. The maximum atomic E-state index is 12.4. The Balaban J connectivity index is 0.00000261. The molecule has 1 aliphatic rings. The second kappa shape index (κ2) is 9.63. The van der Waals surface area contributed by atoms with Crippen LogP contribution in [0.3, 0.4) is 0 Å². The average Bonchev–Trinajstić information content (AvgIpc) is 3.09. The molecule has 2 heterocycles. The first-order valence-corrected chi connectivity index (χ1v) is 8.12. The molecule has 7 nitrogen and oxygen atoms in total. The Morgan fingerprint density at radius 1 is 1.33 bits per heavy atom. The molecule has 0 saturated carbocycles. The lowest BCUT2D eigenvalue weighted by atomic mass is 10.2. The number of alkyl halides is 2. The number of likely N-dealkylation sites (N-methyl/N-ethyl adjacent to an activating group) is 1. The van der Waals surface area contributed by atoms with Crippen molar-refractivity contribution in [3.05, 3.63) is 35.5 Å². The topological polar surface area (TPSA) is 72.7 Å². The maximum absolute atomic E-state index is 12.4. The van der Waals surface area contributed by atoms with Gasteiger partial charge in [0, 0.05) is 25.7 Å². The molecule has 1 aromatic heterocycles. The van der Waals surface area contributed by atoms with E-state index in [4.69, 9.17) is 9.26 Å². The molecule has 3 rings (SSSR count). The summed E-state index contributed by atoms with van der Waals surface area (Å²) < 4.78 is 39.5. The third kappa shape index (κ3) is 5.38. The number of aromatic nitrogens is 2. The summed E-state index contributed by atoms with van der Waals surface area (Å²) in [5.74, 6) is 1.18. The van der Waals surface area contributed by atoms with Crippen LogP contribution < -0.4 is 14.8 Å². The molecule has 148 valence electrons. The maximum Gasteiger partial charge on any atom is 0.387 e. The van der Waals surface area contributed by atoms with Crippen molar-refractivity contribution >= 4 is 24.6 Å². The molecule has 1 saturated heterocycles. The Hall–Kier alpha value is -2.23. The second-order valence-electron chi connectivity index (χ2n) is 5.81. The van der Waals surface area contributed by atoms with Crippen LogP contribution in [0.15, 0.2) is 22.7 Å². The third-order valence-electron chi connectivity index (χ3n) is 4.09. The normalized spacial score (nSPS) is 17.9. The Morgan fingerprint density at radius 3 is 2.85 bits per heavy atom. The summed E-state index contributed by atoms with van der Waals surface area (Å²) in [4.78, 5) is 6.57. The lowest BCUT2D eigenvalue weighted by Crippen LogP contribution is -2.44. The summed E-state index contributed by atoms with van der Waals surface area (Å²) in [7, 11) is 3.41. The number of nitrogens with one attached hydrogen (secondary N) is 1. The van der Waals surface area contributed by atoms with Gasteiger partial charge in [0.25, 0.3) is 5.89 Å². The van der Waals surface area contributed by atoms with E-state index < -0.39 is 6.61 Å². The van der Waals surface area contributed by atoms with Crippen molar-refractivity contribution in [1.82, 2.24) is 20.4 Å². The number of hydrogen-bond donors (Lipinski definition) is 1. The second-order valence-corrected chi connectivity index (χ2v) is 5.81. The van der Waals surface area contributed by atoms with Gasteiger partial charge in [-0.2, -0.15) is 13.8 Å². The average molecular weight is 403 g/mol. The lowest BCUT2D eigenvalue weighted by Gasteiger charge is -2.30. The number of halogens is 3. The Labute approximate surface area is 161 Å². The molecular weight excluding hydrogens is 382 g/mol. The van der Waals surface area contributed by atoms with Crippen LogP contribution >= 0.6 is 12.4 Å². The number of ether oxygens (including phenoxy) is 2. The molecule has 1 aliphatic heterocycles. The molecular formula is C17H21ClF2N4O3. The fourth-order valence-electron chi connectivity index (χ4n) is 2.69. The van der Waals surface area contributed by atoms with Gasteiger partial charge in [0.05, 0.1) is 13.2 Å². The minimum atomic E-state index is -2.91. The standard InChI is InChI=1S/C17H20F2N4O3.ClH/c1-23-8-7-20-10-12(23)16-21-15(26-22-16)6-4-11-3-5-13(25-17(18)19)14(9-11)24-2;/h3-6,9,12,17,20H,7-8,10H2,1-2H3;1H/b6-4+;. The van der Waals surface area contributed by atoms with Crippen molar-refractivity contribution in [3.8, 4) is 11.5 Å². The van der Waals surface area contributed by atoms with E-state index in [1.165, 1.54) is 13.2 Å². The largest absolute Gasteiger partial charge is 0.493 e. The minimum Gasteiger partial charge on any atom is -0.493 e. The molecule has 1 aromatic carbocycles. The van der Waals surface area contributed by atoms with Crippen LogP contribution in [0.25, 0.3) is 12.2 Å². The molecule has 0 spiro atoms. The number of piperazine rings is 1. The summed E-state index contributed by atoms with van der Waals surface area (Å²) >= 11 is 0. The van der Waals surface area contributed by atoms with Crippen LogP contribution in [0.5, 0.6) is 11.5 Å². The van der Waals surface area contributed by atoms with Gasteiger partial charge in [-0.25, -0.2) is 0 Å². The smallest absolute Gasteiger partial charge is 0.387 e. The zero-order valence-corrected chi connectivity index (χ0v) is 15.7. The molecule has 1 atom stereocenters. The van der Waals surface area contributed by atoms with Crippen molar-refractivity contribution < 1.29 is 22.8 Å². The monoisotopic (exact) mass is 402 g/mol. The highest BCUT2D eigenvalue weighted by atomic mass is 35.5. The van der Waals surface area contributed by atoms with E-state index in [2.05, 4.69) is 25.1 Å². The first-order valence-electron chi connectivity index (χ1n) is 8.12. The summed E-state index contributed by atoms with van der Waals surface area (Å²) in [6, 6.07) is 4.71. The third-order valence-corrected chi connectivity index (χ3v) is 4.09. The Bertz CT molecular complexity index is 772. The van der Waals surface area contributed by atoms with Gasteiger partial charge >= 0.3 is 6.61 Å².